The molecule has 1 aromatic rings. The minimum absolute atomic E-state index is 0.0521. The number of carbonyl (C=O) groups is 1. The van der Waals surface area contributed by atoms with Gasteiger partial charge in [-0.25, -0.2) is 13.6 Å². The standard InChI is InChI=1S/C6H8N2O4S/c1-3-5(13(8,10)11)2-4(12-3)6(7)9/h2H,1H3,(H2,7,9)(H2,8,10,11). The van der Waals surface area contributed by atoms with Gasteiger partial charge in [-0.05, 0) is 6.92 Å². The molecule has 1 heterocycles. The number of nitrogens with two attached hydrogens (primary N) is 2. The van der Waals surface area contributed by atoms with Gasteiger partial charge in [0.1, 0.15) is 10.7 Å². The molecule has 0 aromatic carbocycles. The number of rotatable bonds is 2. The predicted molar refractivity (Wildman–Crippen MR) is 43.3 cm³/mol. The maximum atomic E-state index is 10.9. The van der Waals surface area contributed by atoms with Crippen LogP contribution in [0.4, 0.5) is 0 Å². The minimum atomic E-state index is -3.85. The molecule has 0 bridgehead atoms. The molecule has 0 saturated carbocycles. The van der Waals surface area contributed by atoms with Crippen molar-refractivity contribution in [2.45, 2.75) is 11.8 Å². The van der Waals surface area contributed by atoms with E-state index in [9.17, 15) is 13.2 Å². The van der Waals surface area contributed by atoms with E-state index in [1.807, 2.05) is 0 Å². The van der Waals surface area contributed by atoms with Crippen LogP contribution < -0.4 is 10.9 Å². The first-order valence-electron chi connectivity index (χ1n) is 3.25. The Bertz CT molecular complexity index is 445. The van der Waals surface area contributed by atoms with Crippen molar-refractivity contribution in [2.75, 3.05) is 0 Å². The van der Waals surface area contributed by atoms with Gasteiger partial charge in [0.15, 0.2) is 5.76 Å². The monoisotopic (exact) mass is 204 g/mol. The van der Waals surface area contributed by atoms with E-state index in [1.165, 1.54) is 6.92 Å². The smallest absolute Gasteiger partial charge is 0.284 e. The topological polar surface area (TPSA) is 116 Å². The summed E-state index contributed by atoms with van der Waals surface area (Å²) in [6, 6.07) is 1.01. The molecule has 0 aliphatic rings. The Balaban J connectivity index is 3.35. The number of carbonyl (C=O) groups excluding carboxylic acids is 1. The van der Waals surface area contributed by atoms with E-state index in [1.54, 1.807) is 0 Å². The molecule has 72 valence electrons. The van der Waals surface area contributed by atoms with Gasteiger partial charge in [-0.3, -0.25) is 4.79 Å². The van der Waals surface area contributed by atoms with Crippen LogP contribution >= 0.6 is 0 Å². The van der Waals surface area contributed by atoms with Crippen molar-refractivity contribution in [3.8, 4) is 0 Å². The quantitative estimate of drug-likeness (QED) is 0.664. The predicted octanol–water partition coefficient (Wildman–Crippen LogP) is -0.666. The fourth-order valence-corrected chi connectivity index (χ4v) is 1.58. The Morgan fingerprint density at radius 1 is 1.54 bits per heavy atom. The van der Waals surface area contributed by atoms with Crippen LogP contribution in [0.15, 0.2) is 15.4 Å². The molecular formula is C6H8N2O4S. The lowest BCUT2D eigenvalue weighted by atomic mass is 10.4. The summed E-state index contributed by atoms with van der Waals surface area (Å²) >= 11 is 0. The van der Waals surface area contributed by atoms with E-state index in [0.29, 0.717) is 0 Å². The summed E-state index contributed by atoms with van der Waals surface area (Å²) in [4.78, 5) is 10.4. The van der Waals surface area contributed by atoms with Crippen LogP contribution in [0, 0.1) is 6.92 Å². The van der Waals surface area contributed by atoms with E-state index in [4.69, 9.17) is 15.3 Å². The Kier molecular flexibility index (Phi) is 2.14. The summed E-state index contributed by atoms with van der Waals surface area (Å²) in [5.74, 6) is -1.00. The van der Waals surface area contributed by atoms with Gasteiger partial charge in [-0.15, -0.1) is 0 Å². The number of amides is 1. The third-order valence-corrected chi connectivity index (χ3v) is 2.44. The molecule has 6 nitrogen and oxygen atoms in total. The summed E-state index contributed by atoms with van der Waals surface area (Å²) in [6.45, 7) is 1.38. The lowest BCUT2D eigenvalue weighted by Gasteiger charge is -1.90. The van der Waals surface area contributed by atoms with Gasteiger partial charge in [0.25, 0.3) is 5.91 Å². The van der Waals surface area contributed by atoms with Gasteiger partial charge < -0.3 is 10.2 Å². The van der Waals surface area contributed by atoms with Crippen LogP contribution in [0.5, 0.6) is 0 Å². The third kappa shape index (κ3) is 1.87. The van der Waals surface area contributed by atoms with Crippen molar-refractivity contribution in [3.05, 3.63) is 17.6 Å². The summed E-state index contributed by atoms with van der Waals surface area (Å²) in [6.07, 6.45) is 0. The normalized spacial score (nSPS) is 11.5. The first-order chi connectivity index (χ1) is 5.82. The zero-order chi connectivity index (χ0) is 10.2. The molecule has 0 aliphatic carbocycles. The molecule has 0 unspecified atom stereocenters. The number of primary amides is 1. The highest BCUT2D eigenvalue weighted by Gasteiger charge is 2.19. The molecule has 1 rings (SSSR count). The van der Waals surface area contributed by atoms with Gasteiger partial charge in [0.05, 0.1) is 0 Å². The van der Waals surface area contributed by atoms with Gasteiger partial charge >= 0.3 is 0 Å². The van der Waals surface area contributed by atoms with Crippen molar-refractivity contribution in [2.24, 2.45) is 10.9 Å². The van der Waals surface area contributed by atoms with Crippen LogP contribution in [0.3, 0.4) is 0 Å². The molecule has 0 spiro atoms. The fourth-order valence-electron chi connectivity index (χ4n) is 0.869. The van der Waals surface area contributed by atoms with Crippen molar-refractivity contribution >= 4 is 15.9 Å². The first-order valence-corrected chi connectivity index (χ1v) is 4.80. The largest absolute Gasteiger partial charge is 0.455 e. The Morgan fingerprint density at radius 3 is 2.31 bits per heavy atom. The van der Waals surface area contributed by atoms with Gasteiger partial charge in [0.2, 0.25) is 10.0 Å². The first kappa shape index (κ1) is 9.75. The zero-order valence-corrected chi connectivity index (χ0v) is 7.59. The van der Waals surface area contributed by atoms with E-state index >= 15 is 0 Å². The summed E-state index contributed by atoms with van der Waals surface area (Å²) < 4.78 is 26.5. The van der Waals surface area contributed by atoms with Crippen LogP contribution in [0.25, 0.3) is 0 Å². The number of furan rings is 1. The molecule has 0 aliphatic heterocycles. The average molecular weight is 204 g/mol. The Labute approximate surface area is 74.6 Å². The molecule has 1 aromatic heterocycles. The molecule has 4 N–H and O–H groups in total. The highest BCUT2D eigenvalue weighted by atomic mass is 32.2. The second-order valence-corrected chi connectivity index (χ2v) is 3.97. The van der Waals surface area contributed by atoms with E-state index < -0.39 is 15.9 Å². The maximum absolute atomic E-state index is 10.9. The highest BCUT2D eigenvalue weighted by Crippen LogP contribution is 2.17. The van der Waals surface area contributed by atoms with Crippen molar-refractivity contribution in [1.82, 2.24) is 0 Å². The molecule has 0 fully saturated rings. The summed E-state index contributed by atoms with van der Waals surface area (Å²) in [7, 11) is -3.85. The number of primary sulfonamides is 1. The molecular weight excluding hydrogens is 196 g/mol. The molecule has 0 radical (unpaired) electrons. The SMILES string of the molecule is Cc1oc(C(N)=O)cc1S(N)(=O)=O. The molecule has 0 saturated heterocycles. The highest BCUT2D eigenvalue weighted by molar-refractivity contribution is 7.89. The van der Waals surface area contributed by atoms with Gasteiger partial charge in [0, 0.05) is 6.07 Å². The molecule has 0 atom stereocenters. The Hall–Kier alpha value is -1.34. The third-order valence-electron chi connectivity index (χ3n) is 1.42. The van der Waals surface area contributed by atoms with Gasteiger partial charge in [-0.2, -0.15) is 0 Å². The van der Waals surface area contributed by atoms with Crippen LogP contribution in [0.1, 0.15) is 16.3 Å². The lowest BCUT2D eigenvalue weighted by molar-refractivity contribution is 0.0972. The number of sulfonamides is 1. The van der Waals surface area contributed by atoms with Crippen LogP contribution in [-0.4, -0.2) is 14.3 Å². The number of aryl methyl sites for hydroxylation is 1. The summed E-state index contributed by atoms with van der Waals surface area (Å²) in [5, 5.41) is 4.83. The number of hydrogen-bond acceptors (Lipinski definition) is 4. The molecule has 1 amide bonds. The maximum Gasteiger partial charge on any atom is 0.284 e. The minimum Gasteiger partial charge on any atom is -0.455 e. The van der Waals surface area contributed by atoms with E-state index in [-0.39, 0.29) is 16.4 Å². The van der Waals surface area contributed by atoms with Crippen molar-refractivity contribution in [1.29, 1.82) is 0 Å². The Morgan fingerprint density at radius 2 is 2.08 bits per heavy atom. The summed E-state index contributed by atoms with van der Waals surface area (Å²) in [5.41, 5.74) is 4.87. The second kappa shape index (κ2) is 2.86. The van der Waals surface area contributed by atoms with E-state index in [0.717, 1.165) is 6.07 Å². The van der Waals surface area contributed by atoms with Crippen molar-refractivity contribution < 1.29 is 17.6 Å². The fraction of sp³-hybridized carbons (Fsp3) is 0.167. The molecule has 13 heavy (non-hydrogen) atoms. The van der Waals surface area contributed by atoms with Crippen LogP contribution in [-0.2, 0) is 10.0 Å². The number of hydrogen-bond donors (Lipinski definition) is 2. The van der Waals surface area contributed by atoms with Gasteiger partial charge in [-0.1, -0.05) is 0 Å². The zero-order valence-electron chi connectivity index (χ0n) is 6.77. The molecule has 7 heteroatoms. The average Bonchev–Trinajstić information content (AvgIpc) is 2.29. The van der Waals surface area contributed by atoms with Crippen LogP contribution in [0.2, 0.25) is 0 Å². The lowest BCUT2D eigenvalue weighted by Crippen LogP contribution is -2.12. The van der Waals surface area contributed by atoms with E-state index in [2.05, 4.69) is 0 Å². The second-order valence-electron chi connectivity index (χ2n) is 2.44. The van der Waals surface area contributed by atoms with Crippen molar-refractivity contribution in [3.63, 3.8) is 0 Å².